The maximum absolute atomic E-state index is 12.3. The predicted octanol–water partition coefficient (Wildman–Crippen LogP) is 0.778. The normalized spacial score (nSPS) is 24.8. The number of esters is 2. The Morgan fingerprint density at radius 1 is 1.05 bits per heavy atom. The Morgan fingerprint density at radius 2 is 1.62 bits per heavy atom. The van der Waals surface area contributed by atoms with Gasteiger partial charge in [0.05, 0.1) is 20.3 Å². The fourth-order valence-electron chi connectivity index (χ4n) is 2.79. The lowest BCUT2D eigenvalue weighted by Crippen LogP contribution is -2.33. The van der Waals surface area contributed by atoms with Crippen molar-refractivity contribution in [2.24, 2.45) is 11.8 Å². The maximum Gasteiger partial charge on any atom is 0.319 e. The van der Waals surface area contributed by atoms with Crippen molar-refractivity contribution >= 4 is 17.8 Å². The summed E-state index contributed by atoms with van der Waals surface area (Å²) in [4.78, 5) is 37.7. The van der Waals surface area contributed by atoms with Crippen molar-refractivity contribution in [1.29, 1.82) is 0 Å². The highest BCUT2D eigenvalue weighted by atomic mass is 16.5. The number of benzene rings is 1. The summed E-state index contributed by atoms with van der Waals surface area (Å²) in [6, 6.07) is 8.54. The number of likely N-dealkylation sites (tertiary alicyclic amines) is 1. The lowest BCUT2D eigenvalue weighted by Gasteiger charge is -2.24. The molecule has 6 nitrogen and oxygen atoms in total. The molecular weight excluding hydrogens is 274 g/mol. The van der Waals surface area contributed by atoms with Gasteiger partial charge in [-0.05, 0) is 5.56 Å². The first-order chi connectivity index (χ1) is 10.0. The summed E-state index contributed by atoms with van der Waals surface area (Å²) >= 11 is 0. The molecule has 0 bridgehead atoms. The molecule has 1 heterocycles. The van der Waals surface area contributed by atoms with Gasteiger partial charge in [0.25, 0.3) is 0 Å². The van der Waals surface area contributed by atoms with Gasteiger partial charge in [-0.15, -0.1) is 0 Å². The maximum atomic E-state index is 12.3. The van der Waals surface area contributed by atoms with E-state index in [9.17, 15) is 14.4 Å². The summed E-state index contributed by atoms with van der Waals surface area (Å²) in [6.07, 6.45) is 0. The Bertz CT molecular complexity index is 556. The molecule has 6 heteroatoms. The van der Waals surface area contributed by atoms with Crippen LogP contribution in [0.5, 0.6) is 0 Å². The number of rotatable bonds is 3. The highest BCUT2D eigenvalue weighted by Crippen LogP contribution is 2.41. The van der Waals surface area contributed by atoms with Crippen molar-refractivity contribution in [3.05, 3.63) is 35.9 Å². The Morgan fingerprint density at radius 3 is 2.14 bits per heavy atom. The third-order valence-electron chi connectivity index (χ3n) is 3.80. The van der Waals surface area contributed by atoms with E-state index in [2.05, 4.69) is 4.74 Å². The number of hydrogen-bond donors (Lipinski definition) is 0. The second kappa shape index (κ2) is 5.95. The van der Waals surface area contributed by atoms with Gasteiger partial charge in [0.1, 0.15) is 5.92 Å². The molecule has 0 saturated carbocycles. The van der Waals surface area contributed by atoms with Gasteiger partial charge in [0, 0.05) is 7.05 Å². The standard InChI is InChI=1S/C15H17NO5/c1-16-12(9-7-5-4-6-8-9)10(14(18)20-2)11(13(16)17)15(19)21-3/h4-8,10-12H,1-3H3/t10-,11+,12+/m1/s1. The van der Waals surface area contributed by atoms with Gasteiger partial charge in [-0.25, -0.2) is 0 Å². The number of carbonyl (C=O) groups excluding carboxylic acids is 3. The Labute approximate surface area is 122 Å². The van der Waals surface area contributed by atoms with Crippen molar-refractivity contribution in [3.8, 4) is 0 Å². The molecule has 0 aromatic heterocycles. The molecule has 3 atom stereocenters. The monoisotopic (exact) mass is 291 g/mol. The third kappa shape index (κ3) is 2.49. The minimum atomic E-state index is -1.17. The molecule has 112 valence electrons. The van der Waals surface area contributed by atoms with Crippen LogP contribution in [-0.2, 0) is 23.9 Å². The van der Waals surface area contributed by atoms with E-state index in [0.717, 1.165) is 5.56 Å². The molecule has 2 rings (SSSR count). The van der Waals surface area contributed by atoms with E-state index in [-0.39, 0.29) is 0 Å². The van der Waals surface area contributed by atoms with Crippen LogP contribution >= 0.6 is 0 Å². The number of amides is 1. The summed E-state index contributed by atoms with van der Waals surface area (Å²) < 4.78 is 9.45. The van der Waals surface area contributed by atoms with Crippen LogP contribution in [-0.4, -0.2) is 44.0 Å². The van der Waals surface area contributed by atoms with Gasteiger partial charge in [-0.3, -0.25) is 14.4 Å². The van der Waals surface area contributed by atoms with Gasteiger partial charge in [-0.2, -0.15) is 0 Å². The molecule has 1 aromatic rings. The largest absolute Gasteiger partial charge is 0.469 e. The zero-order valence-corrected chi connectivity index (χ0v) is 12.1. The van der Waals surface area contributed by atoms with Crippen LogP contribution in [0.4, 0.5) is 0 Å². The Kier molecular flexibility index (Phi) is 4.26. The number of methoxy groups -OCH3 is 2. The van der Waals surface area contributed by atoms with E-state index in [0.29, 0.717) is 0 Å². The van der Waals surface area contributed by atoms with Crippen LogP contribution in [0.2, 0.25) is 0 Å². The highest BCUT2D eigenvalue weighted by molar-refractivity contribution is 6.04. The van der Waals surface area contributed by atoms with E-state index in [1.54, 1.807) is 7.05 Å². The second-order valence-electron chi connectivity index (χ2n) is 4.85. The molecule has 1 aliphatic heterocycles. The number of ether oxygens (including phenoxy) is 2. The van der Waals surface area contributed by atoms with Crippen molar-refractivity contribution in [2.45, 2.75) is 6.04 Å². The van der Waals surface area contributed by atoms with Gasteiger partial charge in [0.2, 0.25) is 5.91 Å². The van der Waals surface area contributed by atoms with Crippen LogP contribution in [0.25, 0.3) is 0 Å². The van der Waals surface area contributed by atoms with E-state index in [4.69, 9.17) is 4.74 Å². The van der Waals surface area contributed by atoms with E-state index in [1.807, 2.05) is 30.3 Å². The smallest absolute Gasteiger partial charge is 0.319 e. The van der Waals surface area contributed by atoms with Crippen LogP contribution < -0.4 is 0 Å². The SMILES string of the molecule is COC(=O)[C@@H]1C(=O)N(C)[C@@H](c2ccccc2)[C@@H]1C(=O)OC. The van der Waals surface area contributed by atoms with E-state index in [1.165, 1.54) is 19.1 Å². The summed E-state index contributed by atoms with van der Waals surface area (Å²) in [5.41, 5.74) is 0.773. The molecule has 1 aromatic carbocycles. The van der Waals surface area contributed by atoms with Gasteiger partial charge in [0.15, 0.2) is 5.92 Å². The van der Waals surface area contributed by atoms with Crippen molar-refractivity contribution in [3.63, 3.8) is 0 Å². The average molecular weight is 291 g/mol. The second-order valence-corrected chi connectivity index (χ2v) is 4.85. The van der Waals surface area contributed by atoms with Gasteiger partial charge >= 0.3 is 11.9 Å². The minimum Gasteiger partial charge on any atom is -0.469 e. The van der Waals surface area contributed by atoms with Crippen LogP contribution in [0.15, 0.2) is 30.3 Å². The molecule has 0 N–H and O–H groups in total. The summed E-state index contributed by atoms with van der Waals surface area (Å²) in [6.45, 7) is 0. The van der Waals surface area contributed by atoms with Crippen molar-refractivity contribution < 1.29 is 23.9 Å². The zero-order valence-electron chi connectivity index (χ0n) is 12.1. The predicted molar refractivity (Wildman–Crippen MR) is 73.0 cm³/mol. The Hall–Kier alpha value is -2.37. The van der Waals surface area contributed by atoms with Gasteiger partial charge in [-0.1, -0.05) is 30.3 Å². The molecule has 1 amide bonds. The number of carbonyl (C=O) groups is 3. The zero-order chi connectivity index (χ0) is 15.6. The Balaban J connectivity index is 2.49. The molecule has 1 fully saturated rings. The van der Waals surface area contributed by atoms with Gasteiger partial charge < -0.3 is 14.4 Å². The molecule has 0 spiro atoms. The fraction of sp³-hybridized carbons (Fsp3) is 0.400. The van der Waals surface area contributed by atoms with E-state index >= 15 is 0 Å². The third-order valence-corrected chi connectivity index (χ3v) is 3.80. The first-order valence-corrected chi connectivity index (χ1v) is 6.50. The quantitative estimate of drug-likeness (QED) is 0.608. The van der Waals surface area contributed by atoms with Crippen LogP contribution in [0.3, 0.4) is 0 Å². The lowest BCUT2D eigenvalue weighted by atomic mass is 9.86. The molecule has 0 radical (unpaired) electrons. The van der Waals surface area contributed by atoms with Crippen molar-refractivity contribution in [2.75, 3.05) is 21.3 Å². The molecule has 1 aliphatic rings. The van der Waals surface area contributed by atoms with E-state index < -0.39 is 35.7 Å². The lowest BCUT2D eigenvalue weighted by molar-refractivity contribution is -0.158. The first kappa shape index (κ1) is 15.0. The average Bonchev–Trinajstić information content (AvgIpc) is 2.78. The molecule has 0 aliphatic carbocycles. The highest BCUT2D eigenvalue weighted by Gasteiger charge is 2.55. The molecule has 1 saturated heterocycles. The fourth-order valence-corrected chi connectivity index (χ4v) is 2.79. The topological polar surface area (TPSA) is 72.9 Å². The molecular formula is C15H17NO5. The first-order valence-electron chi connectivity index (χ1n) is 6.50. The van der Waals surface area contributed by atoms with Crippen molar-refractivity contribution in [1.82, 2.24) is 4.90 Å². The summed E-state index contributed by atoms with van der Waals surface area (Å²) in [5, 5.41) is 0. The van der Waals surface area contributed by atoms with Crippen LogP contribution in [0, 0.1) is 11.8 Å². The minimum absolute atomic E-state index is 0.439. The summed E-state index contributed by atoms with van der Waals surface area (Å²) in [7, 11) is 4.00. The van der Waals surface area contributed by atoms with Crippen LogP contribution in [0.1, 0.15) is 11.6 Å². The number of nitrogens with zero attached hydrogens (tertiary/aromatic N) is 1. The molecule has 21 heavy (non-hydrogen) atoms. The summed E-state index contributed by atoms with van der Waals surface area (Å²) in [5.74, 6) is -3.84. The molecule has 0 unspecified atom stereocenters. The number of hydrogen-bond acceptors (Lipinski definition) is 5.